The third kappa shape index (κ3) is 1.43. The number of aliphatic hydroxyl groups is 1. The number of pyridine rings is 1. The van der Waals surface area contributed by atoms with Crippen LogP contribution in [0, 0.1) is 0 Å². The van der Waals surface area contributed by atoms with Crippen molar-refractivity contribution < 1.29 is 9.90 Å². The number of carbonyl (C=O) groups excluding carboxylic acids is 1. The fourth-order valence-electron chi connectivity index (χ4n) is 2.74. The summed E-state index contributed by atoms with van der Waals surface area (Å²) < 4.78 is 0. The molecule has 0 radical (unpaired) electrons. The fraction of sp³-hybridized carbons (Fsp3) is 0.214. The van der Waals surface area contributed by atoms with E-state index in [0.29, 0.717) is 29.4 Å². The van der Waals surface area contributed by atoms with Crippen LogP contribution in [-0.4, -0.2) is 33.9 Å². The second-order valence-electron chi connectivity index (χ2n) is 4.87. The molecule has 0 aliphatic carbocycles. The summed E-state index contributed by atoms with van der Waals surface area (Å²) in [5, 5.41) is 13.2. The van der Waals surface area contributed by atoms with Gasteiger partial charge in [0.05, 0.1) is 5.56 Å². The van der Waals surface area contributed by atoms with E-state index in [1.807, 2.05) is 22.4 Å². The number of amidine groups is 1. The summed E-state index contributed by atoms with van der Waals surface area (Å²) in [5.74, 6) is 0.193. The van der Waals surface area contributed by atoms with Crippen molar-refractivity contribution >= 4 is 33.6 Å². The molecule has 1 fully saturated rings. The molecular weight excluding hydrogens is 274 g/mol. The van der Waals surface area contributed by atoms with E-state index in [1.54, 1.807) is 18.5 Å². The van der Waals surface area contributed by atoms with Gasteiger partial charge in [0.2, 0.25) is 5.78 Å². The molecule has 1 saturated heterocycles. The molecule has 2 aromatic rings. The molecule has 4 rings (SSSR count). The number of hydrogen-bond acceptors (Lipinski definition) is 6. The minimum atomic E-state index is -1.49. The number of aromatic nitrogens is 1. The van der Waals surface area contributed by atoms with Crippen LogP contribution in [0.5, 0.6) is 0 Å². The molecule has 1 atom stereocenters. The lowest BCUT2D eigenvalue weighted by atomic mass is 9.90. The highest BCUT2D eigenvalue weighted by Gasteiger charge is 2.52. The summed E-state index contributed by atoms with van der Waals surface area (Å²) in [5.41, 5.74) is -0.0718. The number of carbonyl (C=O) groups is 1. The fourth-order valence-corrected chi connectivity index (χ4v) is 3.50. The van der Waals surface area contributed by atoms with Crippen LogP contribution in [0.2, 0.25) is 0 Å². The zero-order chi connectivity index (χ0) is 13.7. The Balaban J connectivity index is 1.87. The highest BCUT2D eigenvalue weighted by molar-refractivity contribution is 7.14. The van der Waals surface area contributed by atoms with Crippen LogP contribution in [0.1, 0.15) is 16.8 Å². The molecule has 0 amide bonds. The zero-order valence-electron chi connectivity index (χ0n) is 10.5. The van der Waals surface area contributed by atoms with Gasteiger partial charge in [-0.2, -0.15) is 0 Å². The van der Waals surface area contributed by atoms with Crippen molar-refractivity contribution in [1.82, 2.24) is 4.98 Å². The van der Waals surface area contributed by atoms with E-state index in [9.17, 15) is 9.90 Å². The van der Waals surface area contributed by atoms with Crippen molar-refractivity contribution in [3.63, 3.8) is 0 Å². The molecule has 6 heteroatoms. The molecule has 0 spiro atoms. The quantitative estimate of drug-likeness (QED) is 0.870. The van der Waals surface area contributed by atoms with Crippen molar-refractivity contribution in [2.75, 3.05) is 11.4 Å². The Hall–Kier alpha value is -2.05. The predicted molar refractivity (Wildman–Crippen MR) is 76.9 cm³/mol. The molecule has 5 nitrogen and oxygen atoms in total. The number of rotatable bonds is 1. The van der Waals surface area contributed by atoms with E-state index in [4.69, 9.17) is 0 Å². The second kappa shape index (κ2) is 3.97. The number of thiophene rings is 1. The molecule has 2 aromatic heterocycles. The van der Waals surface area contributed by atoms with E-state index >= 15 is 0 Å². The molecule has 1 N–H and O–H groups in total. The maximum Gasteiger partial charge on any atom is 0.205 e. The van der Waals surface area contributed by atoms with Gasteiger partial charge in [-0.05, 0) is 23.6 Å². The molecule has 0 saturated carbocycles. The third-order valence-electron chi connectivity index (χ3n) is 3.77. The van der Waals surface area contributed by atoms with E-state index in [0.717, 1.165) is 5.69 Å². The Morgan fingerprint density at radius 2 is 2.10 bits per heavy atom. The maximum absolute atomic E-state index is 12.5. The monoisotopic (exact) mass is 285 g/mol. The number of hydrogen-bond donors (Lipinski definition) is 1. The normalized spacial score (nSPS) is 24.4. The van der Waals surface area contributed by atoms with Crippen LogP contribution in [0.25, 0.3) is 0 Å². The van der Waals surface area contributed by atoms with Gasteiger partial charge in [0.15, 0.2) is 11.4 Å². The SMILES string of the molecule is O=C1c2ccsc2N=C2N(c3ccncc3)CCC12O. The van der Waals surface area contributed by atoms with Crippen LogP contribution >= 0.6 is 11.3 Å². The van der Waals surface area contributed by atoms with E-state index in [2.05, 4.69) is 9.98 Å². The maximum atomic E-state index is 12.5. The highest BCUT2D eigenvalue weighted by atomic mass is 32.1. The number of Topliss-reactive ketones (excluding diaryl/α,β-unsaturated/α-hetero) is 1. The Labute approximate surface area is 119 Å². The van der Waals surface area contributed by atoms with Crippen LogP contribution in [0.3, 0.4) is 0 Å². The van der Waals surface area contributed by atoms with Crippen molar-refractivity contribution in [2.24, 2.45) is 4.99 Å². The minimum absolute atomic E-state index is 0.240. The Kier molecular flexibility index (Phi) is 2.33. The predicted octanol–water partition coefficient (Wildman–Crippen LogP) is 2.01. The van der Waals surface area contributed by atoms with Gasteiger partial charge >= 0.3 is 0 Å². The molecule has 0 aromatic carbocycles. The molecule has 20 heavy (non-hydrogen) atoms. The van der Waals surface area contributed by atoms with Gasteiger partial charge < -0.3 is 10.0 Å². The first-order valence-electron chi connectivity index (χ1n) is 6.31. The van der Waals surface area contributed by atoms with Gasteiger partial charge in [-0.25, -0.2) is 4.99 Å². The summed E-state index contributed by atoms with van der Waals surface area (Å²) in [6, 6.07) is 5.43. The average Bonchev–Trinajstić information content (AvgIpc) is 3.06. The van der Waals surface area contributed by atoms with Crippen molar-refractivity contribution in [3.8, 4) is 0 Å². The van der Waals surface area contributed by atoms with Crippen LogP contribution in [0.4, 0.5) is 10.7 Å². The highest BCUT2D eigenvalue weighted by Crippen LogP contribution is 2.41. The van der Waals surface area contributed by atoms with Crippen molar-refractivity contribution in [1.29, 1.82) is 0 Å². The van der Waals surface area contributed by atoms with Crippen molar-refractivity contribution in [2.45, 2.75) is 12.0 Å². The summed E-state index contributed by atoms with van der Waals surface area (Å²) >= 11 is 1.42. The van der Waals surface area contributed by atoms with Gasteiger partial charge in [0, 0.05) is 31.0 Å². The van der Waals surface area contributed by atoms with Gasteiger partial charge in [-0.15, -0.1) is 11.3 Å². The minimum Gasteiger partial charge on any atom is -0.374 e. The largest absolute Gasteiger partial charge is 0.374 e. The van der Waals surface area contributed by atoms with Crippen LogP contribution < -0.4 is 4.90 Å². The molecule has 2 aliphatic rings. The number of nitrogens with zero attached hydrogens (tertiary/aromatic N) is 3. The molecule has 1 unspecified atom stereocenters. The lowest BCUT2D eigenvalue weighted by Gasteiger charge is -2.28. The molecule has 100 valence electrons. The zero-order valence-corrected chi connectivity index (χ0v) is 11.3. The van der Waals surface area contributed by atoms with Crippen molar-refractivity contribution in [3.05, 3.63) is 41.5 Å². The van der Waals surface area contributed by atoms with Gasteiger partial charge in [0.25, 0.3) is 0 Å². The third-order valence-corrected chi connectivity index (χ3v) is 4.58. The first-order valence-corrected chi connectivity index (χ1v) is 7.19. The number of fused-ring (bicyclic) bond motifs is 2. The average molecular weight is 285 g/mol. The van der Waals surface area contributed by atoms with Gasteiger partial charge in [-0.1, -0.05) is 0 Å². The molecule has 4 heterocycles. The molecule has 0 bridgehead atoms. The smallest absolute Gasteiger partial charge is 0.205 e. The number of ketones is 1. The summed E-state index contributed by atoms with van der Waals surface area (Å²) in [4.78, 5) is 22.9. The van der Waals surface area contributed by atoms with Gasteiger partial charge in [-0.3, -0.25) is 9.78 Å². The van der Waals surface area contributed by atoms with Gasteiger partial charge in [0.1, 0.15) is 5.00 Å². The summed E-state index contributed by atoms with van der Waals surface area (Å²) in [7, 11) is 0. The van der Waals surface area contributed by atoms with Crippen LogP contribution in [0.15, 0.2) is 41.0 Å². The lowest BCUT2D eigenvalue weighted by Crippen LogP contribution is -2.48. The first kappa shape index (κ1) is 11.7. The van der Waals surface area contributed by atoms with E-state index in [1.165, 1.54) is 11.3 Å². The van der Waals surface area contributed by atoms with E-state index < -0.39 is 5.60 Å². The summed E-state index contributed by atoms with van der Waals surface area (Å²) in [6.07, 6.45) is 3.74. The topological polar surface area (TPSA) is 65.8 Å². The number of aliphatic imine (C=N–C) groups is 1. The van der Waals surface area contributed by atoms with E-state index in [-0.39, 0.29) is 5.78 Å². The Morgan fingerprint density at radius 3 is 2.90 bits per heavy atom. The standard InChI is InChI=1S/C14H11N3O2S/c18-11-10-3-8-20-12(10)16-13-14(11,19)4-7-17(13)9-1-5-15-6-2-9/h1-3,5-6,8,19H,4,7H2. The molecular formula is C14H11N3O2S. The summed E-state index contributed by atoms with van der Waals surface area (Å²) in [6.45, 7) is 0.569. The Morgan fingerprint density at radius 1 is 1.30 bits per heavy atom. The first-order chi connectivity index (χ1) is 9.70. The van der Waals surface area contributed by atoms with Crippen LogP contribution in [-0.2, 0) is 0 Å². The Bertz CT molecular complexity index is 725. The lowest BCUT2D eigenvalue weighted by molar-refractivity contribution is 0.0603. The second-order valence-corrected chi connectivity index (χ2v) is 5.77. The number of anilines is 1. The molecule has 2 aliphatic heterocycles.